The van der Waals surface area contributed by atoms with E-state index in [1.807, 2.05) is 49.1 Å². The van der Waals surface area contributed by atoms with Crippen LogP contribution < -0.4 is 33.3 Å². The summed E-state index contributed by atoms with van der Waals surface area (Å²) in [7, 11) is -2.64. The van der Waals surface area contributed by atoms with Crippen molar-refractivity contribution in [1.82, 2.24) is 24.7 Å². The second-order valence-corrected chi connectivity index (χ2v) is 11.6. The number of methoxy groups -OCH3 is 1. The normalized spacial score (nSPS) is 12.8. The molecule has 0 bridgehead atoms. The third-order valence-electron chi connectivity index (χ3n) is 6.09. The number of benzene rings is 2. The molecular formula is C30H36BrN7O7S. The third-order valence-corrected chi connectivity index (χ3v) is 7.48. The molecule has 0 unspecified atom stereocenters. The maximum Gasteiger partial charge on any atom is 0.316 e. The zero-order chi connectivity index (χ0) is 32.8. The van der Waals surface area contributed by atoms with Crippen LogP contribution in [-0.4, -0.2) is 75.0 Å². The molecule has 0 spiro atoms. The highest BCUT2D eigenvalue weighted by Gasteiger charge is 2.26. The molecule has 0 amide bonds. The first-order valence-electron chi connectivity index (χ1n) is 14.5. The van der Waals surface area contributed by atoms with Gasteiger partial charge in [-0.3, -0.25) is 4.72 Å². The molecule has 0 aliphatic carbocycles. The van der Waals surface area contributed by atoms with Crippen molar-refractivity contribution in [2.24, 2.45) is 0 Å². The van der Waals surface area contributed by atoms with Gasteiger partial charge in [-0.15, -0.1) is 0 Å². The molecule has 1 aliphatic heterocycles. The second-order valence-electron chi connectivity index (χ2n) is 9.15. The van der Waals surface area contributed by atoms with Crippen molar-refractivity contribution in [3.63, 3.8) is 0 Å². The fourth-order valence-corrected chi connectivity index (χ4v) is 5.01. The van der Waals surface area contributed by atoms with Crippen molar-refractivity contribution in [1.29, 1.82) is 0 Å². The zero-order valence-electron chi connectivity index (χ0n) is 25.7. The first kappa shape index (κ1) is 34.6. The fraction of sp³-hybridized carbons (Fsp3) is 0.333. The summed E-state index contributed by atoms with van der Waals surface area (Å²) in [6.07, 6.45) is 3.12. The summed E-state index contributed by atoms with van der Waals surface area (Å²) >= 11 is 3.28. The van der Waals surface area contributed by atoms with Gasteiger partial charge in [0.15, 0.2) is 17.3 Å². The number of hydrogen-bond donors (Lipinski definition) is 2. The first-order chi connectivity index (χ1) is 22.4. The molecule has 0 atom stereocenters. The van der Waals surface area contributed by atoms with Gasteiger partial charge < -0.3 is 28.6 Å². The van der Waals surface area contributed by atoms with Gasteiger partial charge >= 0.3 is 16.2 Å². The molecule has 3 heterocycles. The molecular weight excluding hydrogens is 682 g/mol. The van der Waals surface area contributed by atoms with E-state index in [2.05, 4.69) is 45.3 Å². The largest absolute Gasteiger partial charge is 0.493 e. The van der Waals surface area contributed by atoms with Crippen LogP contribution in [0.2, 0.25) is 0 Å². The van der Waals surface area contributed by atoms with Crippen LogP contribution >= 0.6 is 15.9 Å². The molecule has 16 heteroatoms. The number of rotatable bonds is 14. The van der Waals surface area contributed by atoms with E-state index in [-0.39, 0.29) is 49.2 Å². The molecule has 4 aromatic rings. The molecule has 1 aliphatic rings. The van der Waals surface area contributed by atoms with Gasteiger partial charge in [-0.2, -0.15) is 23.1 Å². The van der Waals surface area contributed by atoms with Crippen LogP contribution in [0.15, 0.2) is 71.5 Å². The van der Waals surface area contributed by atoms with E-state index in [1.54, 1.807) is 36.7 Å². The Labute approximate surface area is 276 Å². The van der Waals surface area contributed by atoms with Gasteiger partial charge in [0.2, 0.25) is 11.7 Å². The molecule has 46 heavy (non-hydrogen) atoms. The highest BCUT2D eigenvalue weighted by atomic mass is 79.9. The quantitative estimate of drug-likeness (QED) is 0.175. The summed E-state index contributed by atoms with van der Waals surface area (Å²) in [5.74, 6) is 0.695. The van der Waals surface area contributed by atoms with E-state index in [0.29, 0.717) is 42.3 Å². The minimum absolute atomic E-state index is 0.000278. The van der Waals surface area contributed by atoms with E-state index in [0.717, 1.165) is 5.56 Å². The molecule has 2 aromatic carbocycles. The Morgan fingerprint density at radius 2 is 1.57 bits per heavy atom. The summed E-state index contributed by atoms with van der Waals surface area (Å²) < 4.78 is 61.0. The Kier molecular flexibility index (Phi) is 13.1. The number of hydrogen-bond acceptors (Lipinski definition) is 12. The molecule has 0 saturated carbocycles. The van der Waals surface area contributed by atoms with Gasteiger partial charge in [0.05, 0.1) is 24.8 Å². The standard InChI is InChI=1S/C28H30BrN7O7S.C2H6/c1-39-22-9-5-6-10-23(22)43-24-25(35-44(37,38)32-17-20-7-3-2-4-8-20)33-27(36-11-13-40-14-12-36)34-26(24)41-15-16-42-28-30-18-21(29)19-31-28;1-2/h2-10,18-19,32H,11-17H2,1H3,(H,33,34,35);1-2H3. The lowest BCUT2D eigenvalue weighted by molar-refractivity contribution is 0.122. The van der Waals surface area contributed by atoms with Crippen LogP contribution in [0.5, 0.6) is 29.1 Å². The van der Waals surface area contributed by atoms with Gasteiger partial charge in [0.25, 0.3) is 5.88 Å². The Morgan fingerprint density at radius 1 is 0.913 bits per heavy atom. The minimum Gasteiger partial charge on any atom is -0.493 e. The van der Waals surface area contributed by atoms with Gasteiger partial charge in [-0.1, -0.05) is 56.3 Å². The van der Waals surface area contributed by atoms with Crippen LogP contribution in [0.25, 0.3) is 0 Å². The third kappa shape index (κ3) is 10.1. The van der Waals surface area contributed by atoms with Crippen LogP contribution in [0.4, 0.5) is 11.8 Å². The lowest BCUT2D eigenvalue weighted by atomic mass is 10.2. The summed E-state index contributed by atoms with van der Waals surface area (Å²) in [5, 5.41) is 0. The lowest BCUT2D eigenvalue weighted by Crippen LogP contribution is -2.37. The fourth-order valence-electron chi connectivity index (χ4n) is 3.98. The van der Waals surface area contributed by atoms with E-state index in [1.165, 1.54) is 7.11 Å². The van der Waals surface area contributed by atoms with Crippen molar-refractivity contribution >= 4 is 37.9 Å². The second kappa shape index (κ2) is 17.4. The lowest BCUT2D eigenvalue weighted by Gasteiger charge is -2.28. The number of morpholine rings is 1. The maximum absolute atomic E-state index is 13.3. The molecule has 1 saturated heterocycles. The molecule has 2 aromatic heterocycles. The minimum atomic E-state index is -4.14. The topological polar surface area (TPSA) is 159 Å². The number of anilines is 2. The number of aromatic nitrogens is 4. The molecule has 246 valence electrons. The van der Waals surface area contributed by atoms with Crippen LogP contribution in [0.1, 0.15) is 19.4 Å². The average Bonchev–Trinajstić information content (AvgIpc) is 3.09. The van der Waals surface area contributed by atoms with Gasteiger partial charge in [0.1, 0.15) is 13.2 Å². The Hall–Kier alpha value is -4.25. The van der Waals surface area contributed by atoms with Crippen molar-refractivity contribution in [3.05, 3.63) is 77.0 Å². The first-order valence-corrected chi connectivity index (χ1v) is 16.8. The predicted molar refractivity (Wildman–Crippen MR) is 176 cm³/mol. The summed E-state index contributed by atoms with van der Waals surface area (Å²) in [4.78, 5) is 19.2. The van der Waals surface area contributed by atoms with Gasteiger partial charge in [0, 0.05) is 32.0 Å². The number of para-hydroxylation sites is 2. The number of nitrogens with one attached hydrogen (secondary N) is 2. The maximum atomic E-state index is 13.3. The Morgan fingerprint density at radius 3 is 2.26 bits per heavy atom. The molecule has 5 rings (SSSR count). The van der Waals surface area contributed by atoms with E-state index in [4.69, 9.17) is 23.7 Å². The number of halogens is 1. The highest BCUT2D eigenvalue weighted by molar-refractivity contribution is 9.10. The van der Waals surface area contributed by atoms with Crippen LogP contribution in [-0.2, 0) is 21.5 Å². The molecule has 1 fully saturated rings. The van der Waals surface area contributed by atoms with E-state index < -0.39 is 10.2 Å². The smallest absolute Gasteiger partial charge is 0.316 e. The van der Waals surface area contributed by atoms with E-state index >= 15 is 0 Å². The Balaban J connectivity index is 0.00000235. The number of nitrogens with zero attached hydrogens (tertiary/aromatic N) is 5. The van der Waals surface area contributed by atoms with E-state index in [9.17, 15) is 8.42 Å². The van der Waals surface area contributed by atoms with Gasteiger partial charge in [-0.25, -0.2) is 9.97 Å². The monoisotopic (exact) mass is 717 g/mol. The van der Waals surface area contributed by atoms with Crippen molar-refractivity contribution in [3.8, 4) is 29.1 Å². The average molecular weight is 719 g/mol. The molecule has 14 nitrogen and oxygen atoms in total. The van der Waals surface area contributed by atoms with Gasteiger partial charge in [-0.05, 0) is 33.6 Å². The van der Waals surface area contributed by atoms with Crippen LogP contribution in [0, 0.1) is 0 Å². The summed E-state index contributed by atoms with van der Waals surface area (Å²) in [6, 6.07) is 16.2. The highest BCUT2D eigenvalue weighted by Crippen LogP contribution is 2.41. The van der Waals surface area contributed by atoms with Crippen molar-refractivity contribution in [2.45, 2.75) is 20.4 Å². The SMILES string of the molecule is CC.COc1ccccc1Oc1c(NS(=O)(=O)NCc2ccccc2)nc(N2CCOCC2)nc1OCCOc1ncc(Br)cn1. The number of ether oxygens (including phenoxy) is 5. The predicted octanol–water partition coefficient (Wildman–Crippen LogP) is 4.60. The van der Waals surface area contributed by atoms with Crippen molar-refractivity contribution in [2.75, 3.05) is 56.2 Å². The summed E-state index contributed by atoms with van der Waals surface area (Å²) in [5.41, 5.74) is 0.777. The Bertz CT molecular complexity index is 1630. The van der Waals surface area contributed by atoms with Crippen molar-refractivity contribution < 1.29 is 32.1 Å². The zero-order valence-corrected chi connectivity index (χ0v) is 28.1. The molecule has 0 radical (unpaired) electrons. The summed E-state index contributed by atoms with van der Waals surface area (Å²) in [6.45, 7) is 6.02. The molecule has 2 N–H and O–H groups in total. The van der Waals surface area contributed by atoms with Crippen LogP contribution in [0.3, 0.4) is 0 Å².